The predicted octanol–water partition coefficient (Wildman–Crippen LogP) is 1.73. The molecule has 2 aromatic heterocycles. The fourth-order valence-corrected chi connectivity index (χ4v) is 1.67. The zero-order valence-electron chi connectivity index (χ0n) is 8.83. The first-order chi connectivity index (χ1) is 8.45. The van der Waals surface area contributed by atoms with Crippen molar-refractivity contribution in [3.63, 3.8) is 0 Å². The Morgan fingerprint density at radius 3 is 2.65 bits per heavy atom. The molecule has 0 bridgehead atoms. The van der Waals surface area contributed by atoms with Crippen LogP contribution in [0.3, 0.4) is 0 Å². The quantitative estimate of drug-likeness (QED) is 0.717. The van der Waals surface area contributed by atoms with Crippen molar-refractivity contribution in [2.24, 2.45) is 0 Å². The lowest BCUT2D eigenvalue weighted by Gasteiger charge is -2.05. The average molecular weight is 222 g/mol. The van der Waals surface area contributed by atoms with E-state index in [9.17, 15) is 0 Å². The molecule has 3 aromatic rings. The first-order valence-electron chi connectivity index (χ1n) is 5.11. The molecule has 17 heavy (non-hydrogen) atoms. The van der Waals surface area contributed by atoms with Gasteiger partial charge < -0.3 is 0 Å². The first kappa shape index (κ1) is 9.65. The van der Waals surface area contributed by atoms with Crippen molar-refractivity contribution < 1.29 is 0 Å². The highest BCUT2D eigenvalue weighted by Crippen LogP contribution is 2.27. The Morgan fingerprint density at radius 2 is 1.94 bits per heavy atom. The number of aromatic amines is 1. The fraction of sp³-hybridized carbons (Fsp3) is 0. The molecule has 2 heterocycles. The van der Waals surface area contributed by atoms with Gasteiger partial charge in [-0.2, -0.15) is 0 Å². The third kappa shape index (κ3) is 1.78. The number of benzene rings is 1. The van der Waals surface area contributed by atoms with Crippen molar-refractivity contribution in [1.29, 1.82) is 0 Å². The molecule has 0 aliphatic heterocycles. The molecule has 1 N–H and O–H groups in total. The third-order valence-corrected chi connectivity index (χ3v) is 2.42. The summed E-state index contributed by atoms with van der Waals surface area (Å²) in [6.07, 6.45) is 1.64. The monoisotopic (exact) mass is 222 g/mol. The van der Waals surface area contributed by atoms with Gasteiger partial charge in [0, 0.05) is 23.4 Å². The van der Waals surface area contributed by atoms with Crippen molar-refractivity contribution in [3.8, 4) is 22.6 Å². The summed E-state index contributed by atoms with van der Waals surface area (Å²) >= 11 is 0. The normalized spacial score (nSPS) is 10.4. The minimum atomic E-state index is 0.634. The molecular formula is C12H8N5. The Kier molecular flexibility index (Phi) is 2.34. The Bertz CT molecular complexity index is 604. The van der Waals surface area contributed by atoms with Crippen LogP contribution in [0.5, 0.6) is 0 Å². The molecule has 0 aliphatic carbocycles. The molecule has 0 saturated heterocycles. The van der Waals surface area contributed by atoms with Gasteiger partial charge in [-0.15, -0.1) is 5.10 Å². The maximum atomic E-state index is 4.28. The van der Waals surface area contributed by atoms with E-state index in [0.29, 0.717) is 5.82 Å². The molecule has 0 amide bonds. The van der Waals surface area contributed by atoms with E-state index in [1.807, 2.05) is 36.4 Å². The average Bonchev–Trinajstić information content (AvgIpc) is 2.94. The van der Waals surface area contributed by atoms with Crippen LogP contribution in [0, 0.1) is 6.07 Å². The van der Waals surface area contributed by atoms with Crippen LogP contribution in [0.15, 0.2) is 42.6 Å². The Hall–Kier alpha value is -2.56. The maximum absolute atomic E-state index is 4.28. The van der Waals surface area contributed by atoms with Gasteiger partial charge >= 0.3 is 0 Å². The number of hydrogen-bond acceptors (Lipinski definition) is 4. The minimum absolute atomic E-state index is 0.634. The van der Waals surface area contributed by atoms with Gasteiger partial charge in [0.2, 0.25) is 0 Å². The molecule has 0 spiro atoms. The number of pyridine rings is 1. The zero-order valence-corrected chi connectivity index (χ0v) is 8.83. The van der Waals surface area contributed by atoms with E-state index in [2.05, 4.69) is 31.7 Å². The number of nitrogens with one attached hydrogen (secondary N) is 1. The summed E-state index contributed by atoms with van der Waals surface area (Å²) in [5.74, 6) is 0.634. The lowest BCUT2D eigenvalue weighted by molar-refractivity contribution is 0.881. The fourth-order valence-electron chi connectivity index (χ4n) is 1.67. The number of hydrogen-bond donors (Lipinski definition) is 1. The smallest absolute Gasteiger partial charge is 0.180 e. The predicted molar refractivity (Wildman–Crippen MR) is 61.7 cm³/mol. The Balaban J connectivity index is 2.18. The van der Waals surface area contributed by atoms with Crippen LogP contribution in [0.25, 0.3) is 22.6 Å². The van der Waals surface area contributed by atoms with Gasteiger partial charge in [0.15, 0.2) is 5.82 Å². The summed E-state index contributed by atoms with van der Waals surface area (Å²) in [6, 6.07) is 14.5. The van der Waals surface area contributed by atoms with Gasteiger partial charge in [0.1, 0.15) is 0 Å². The van der Waals surface area contributed by atoms with Gasteiger partial charge in [-0.25, -0.2) is 5.10 Å². The lowest BCUT2D eigenvalue weighted by Crippen LogP contribution is -1.88. The van der Waals surface area contributed by atoms with Crippen molar-refractivity contribution in [2.75, 3.05) is 0 Å². The highest BCUT2D eigenvalue weighted by Gasteiger charge is 2.09. The molecule has 0 atom stereocenters. The summed E-state index contributed by atoms with van der Waals surface area (Å²) in [4.78, 5) is 4.28. The topological polar surface area (TPSA) is 67.3 Å². The SMILES string of the molecule is [c]1ccc(-c2ccccc2-c2nnn[nH]2)nc1. The summed E-state index contributed by atoms with van der Waals surface area (Å²) in [7, 11) is 0. The highest BCUT2D eigenvalue weighted by atomic mass is 15.5. The minimum Gasteiger partial charge on any atom is -0.256 e. The number of rotatable bonds is 2. The molecule has 0 unspecified atom stereocenters. The third-order valence-electron chi connectivity index (χ3n) is 2.42. The number of H-pyrrole nitrogens is 1. The molecular weight excluding hydrogens is 214 g/mol. The van der Waals surface area contributed by atoms with Crippen LogP contribution in [-0.2, 0) is 0 Å². The number of tetrazole rings is 1. The lowest BCUT2D eigenvalue weighted by atomic mass is 10.0. The molecule has 0 aliphatic rings. The second-order valence-electron chi connectivity index (χ2n) is 3.44. The van der Waals surface area contributed by atoms with Crippen LogP contribution in [0.4, 0.5) is 0 Å². The largest absolute Gasteiger partial charge is 0.256 e. The summed E-state index contributed by atoms with van der Waals surface area (Å²) in [5, 5.41) is 13.8. The number of aromatic nitrogens is 5. The molecule has 1 radical (unpaired) electrons. The standard InChI is InChI=1S/C12H8N5/c1-2-6-10(12-14-16-17-15-12)9(5-1)11-7-3-4-8-13-11/h1-3,5-8H,(H,14,15,16,17). The first-order valence-corrected chi connectivity index (χ1v) is 5.11. The van der Waals surface area contributed by atoms with E-state index in [0.717, 1.165) is 16.8 Å². The Morgan fingerprint density at radius 1 is 1.06 bits per heavy atom. The summed E-state index contributed by atoms with van der Waals surface area (Å²) in [6.45, 7) is 0. The molecule has 5 nitrogen and oxygen atoms in total. The maximum Gasteiger partial charge on any atom is 0.180 e. The van der Waals surface area contributed by atoms with Crippen molar-refractivity contribution in [1.82, 2.24) is 25.6 Å². The van der Waals surface area contributed by atoms with E-state index in [1.54, 1.807) is 6.20 Å². The zero-order chi connectivity index (χ0) is 11.5. The molecule has 0 saturated carbocycles. The second-order valence-corrected chi connectivity index (χ2v) is 3.44. The van der Waals surface area contributed by atoms with Gasteiger partial charge in [0.25, 0.3) is 0 Å². The molecule has 1 aromatic carbocycles. The summed E-state index contributed by atoms with van der Waals surface area (Å²) < 4.78 is 0. The highest BCUT2D eigenvalue weighted by molar-refractivity contribution is 5.78. The van der Waals surface area contributed by atoms with Crippen molar-refractivity contribution in [3.05, 3.63) is 48.7 Å². The van der Waals surface area contributed by atoms with E-state index in [-0.39, 0.29) is 0 Å². The van der Waals surface area contributed by atoms with Crippen LogP contribution in [0.1, 0.15) is 0 Å². The van der Waals surface area contributed by atoms with E-state index >= 15 is 0 Å². The second kappa shape index (κ2) is 4.13. The van der Waals surface area contributed by atoms with Gasteiger partial charge in [-0.1, -0.05) is 30.3 Å². The van der Waals surface area contributed by atoms with Crippen LogP contribution in [-0.4, -0.2) is 25.6 Å². The van der Waals surface area contributed by atoms with Crippen LogP contribution >= 0.6 is 0 Å². The van der Waals surface area contributed by atoms with E-state index in [4.69, 9.17) is 0 Å². The Labute approximate surface area is 97.5 Å². The molecule has 81 valence electrons. The van der Waals surface area contributed by atoms with Gasteiger partial charge in [-0.05, 0) is 16.5 Å². The summed E-state index contributed by atoms with van der Waals surface area (Å²) in [5.41, 5.74) is 2.78. The molecule has 5 heteroatoms. The van der Waals surface area contributed by atoms with E-state index < -0.39 is 0 Å². The van der Waals surface area contributed by atoms with Crippen molar-refractivity contribution in [2.45, 2.75) is 0 Å². The van der Waals surface area contributed by atoms with Crippen LogP contribution < -0.4 is 0 Å². The van der Waals surface area contributed by atoms with Crippen LogP contribution in [0.2, 0.25) is 0 Å². The van der Waals surface area contributed by atoms with Gasteiger partial charge in [-0.3, -0.25) is 4.98 Å². The van der Waals surface area contributed by atoms with E-state index in [1.165, 1.54) is 0 Å². The molecule has 3 rings (SSSR count). The van der Waals surface area contributed by atoms with Crippen molar-refractivity contribution >= 4 is 0 Å². The van der Waals surface area contributed by atoms with Gasteiger partial charge in [0.05, 0.1) is 5.69 Å². The number of nitrogens with zero attached hydrogens (tertiary/aromatic N) is 4. The molecule has 0 fully saturated rings.